The molecule has 0 unspecified atom stereocenters. The summed E-state index contributed by atoms with van der Waals surface area (Å²) in [5.74, 6) is -1.06. The molecule has 2 aromatic carbocycles. The maximum Gasteiger partial charge on any atom is 0.306 e. The number of hydrogen-bond donors (Lipinski definition) is 2. The standard InChI is InChI=1S/C25H28N4O4S/c30-25(31)18-7-11-29(12-8-18)23-6-1-3-19-15-22(17-27-24(19)23)34(32,33)21-5-2-4-20(16-21)28-13-9-26-10-14-28/h1-6,15-18,26H,7-14H2,(H,30,31). The highest BCUT2D eigenvalue weighted by molar-refractivity contribution is 7.91. The number of nitrogens with zero attached hydrogens (tertiary/aromatic N) is 3. The summed E-state index contributed by atoms with van der Waals surface area (Å²) in [4.78, 5) is 20.6. The number of aromatic nitrogens is 1. The summed E-state index contributed by atoms with van der Waals surface area (Å²) < 4.78 is 26.9. The summed E-state index contributed by atoms with van der Waals surface area (Å²) in [7, 11) is -3.73. The number of benzene rings is 2. The second kappa shape index (κ2) is 9.23. The molecular weight excluding hydrogens is 452 g/mol. The van der Waals surface area contributed by atoms with E-state index in [0.717, 1.165) is 48.5 Å². The molecule has 0 atom stereocenters. The second-order valence-electron chi connectivity index (χ2n) is 8.86. The molecule has 34 heavy (non-hydrogen) atoms. The Morgan fingerprint density at radius 1 is 0.941 bits per heavy atom. The van der Waals surface area contributed by atoms with Crippen LogP contribution in [0.2, 0.25) is 0 Å². The summed E-state index contributed by atoms with van der Waals surface area (Å²) >= 11 is 0. The molecule has 1 aromatic heterocycles. The van der Waals surface area contributed by atoms with Crippen LogP contribution in [0.3, 0.4) is 0 Å². The monoisotopic (exact) mass is 480 g/mol. The average Bonchev–Trinajstić information content (AvgIpc) is 2.88. The summed E-state index contributed by atoms with van der Waals surface area (Å²) in [6.07, 6.45) is 2.60. The van der Waals surface area contributed by atoms with Crippen molar-refractivity contribution in [1.29, 1.82) is 0 Å². The van der Waals surface area contributed by atoms with Gasteiger partial charge in [0, 0.05) is 56.5 Å². The van der Waals surface area contributed by atoms with Crippen molar-refractivity contribution in [2.45, 2.75) is 22.6 Å². The number of piperazine rings is 1. The minimum absolute atomic E-state index is 0.166. The second-order valence-corrected chi connectivity index (χ2v) is 10.8. The predicted octanol–water partition coefficient (Wildman–Crippen LogP) is 2.78. The number of aliphatic carboxylic acids is 1. The molecule has 5 rings (SSSR count). The van der Waals surface area contributed by atoms with Gasteiger partial charge >= 0.3 is 5.97 Å². The van der Waals surface area contributed by atoms with Crippen LogP contribution in [0.15, 0.2) is 64.5 Å². The Kier molecular flexibility index (Phi) is 6.14. The maximum atomic E-state index is 13.5. The number of piperidine rings is 1. The number of pyridine rings is 1. The van der Waals surface area contributed by atoms with Crippen LogP contribution in [0.25, 0.3) is 10.9 Å². The molecule has 9 heteroatoms. The van der Waals surface area contributed by atoms with E-state index in [1.165, 1.54) is 6.20 Å². The van der Waals surface area contributed by atoms with E-state index < -0.39 is 15.8 Å². The van der Waals surface area contributed by atoms with E-state index in [1.807, 2.05) is 24.3 Å². The van der Waals surface area contributed by atoms with Crippen LogP contribution in [-0.2, 0) is 14.6 Å². The van der Waals surface area contributed by atoms with Gasteiger partial charge in [-0.3, -0.25) is 9.78 Å². The number of anilines is 2. The molecule has 0 spiro atoms. The Morgan fingerprint density at radius 3 is 2.41 bits per heavy atom. The molecule has 2 N–H and O–H groups in total. The predicted molar refractivity (Wildman–Crippen MR) is 131 cm³/mol. The van der Waals surface area contributed by atoms with Gasteiger partial charge in [0.1, 0.15) is 0 Å². The van der Waals surface area contributed by atoms with E-state index in [4.69, 9.17) is 0 Å². The van der Waals surface area contributed by atoms with Crippen molar-refractivity contribution in [3.63, 3.8) is 0 Å². The molecule has 0 bridgehead atoms. The quantitative estimate of drug-likeness (QED) is 0.575. The van der Waals surface area contributed by atoms with Gasteiger partial charge in [-0.15, -0.1) is 0 Å². The smallest absolute Gasteiger partial charge is 0.306 e. The largest absolute Gasteiger partial charge is 0.481 e. The number of rotatable bonds is 5. The minimum atomic E-state index is -3.73. The molecule has 2 aliphatic rings. The Balaban J connectivity index is 1.44. The molecule has 0 aliphatic carbocycles. The Labute approximate surface area is 199 Å². The van der Waals surface area contributed by atoms with Crippen molar-refractivity contribution in [3.8, 4) is 0 Å². The van der Waals surface area contributed by atoms with Gasteiger partial charge in [0.2, 0.25) is 9.84 Å². The van der Waals surface area contributed by atoms with Gasteiger partial charge in [-0.2, -0.15) is 0 Å². The van der Waals surface area contributed by atoms with E-state index >= 15 is 0 Å². The van der Waals surface area contributed by atoms with Crippen LogP contribution in [0.4, 0.5) is 11.4 Å². The molecule has 8 nitrogen and oxygen atoms in total. The fraction of sp³-hybridized carbons (Fsp3) is 0.360. The molecule has 0 saturated carbocycles. The zero-order chi connectivity index (χ0) is 23.7. The van der Waals surface area contributed by atoms with E-state index in [2.05, 4.69) is 20.1 Å². The van der Waals surface area contributed by atoms with E-state index in [-0.39, 0.29) is 15.7 Å². The van der Waals surface area contributed by atoms with Crippen LogP contribution in [-0.4, -0.2) is 63.7 Å². The third-order valence-corrected chi connectivity index (χ3v) is 8.49. The summed E-state index contributed by atoms with van der Waals surface area (Å²) in [5, 5.41) is 13.3. The van der Waals surface area contributed by atoms with Gasteiger partial charge in [-0.05, 0) is 43.2 Å². The molecular formula is C25H28N4O4S. The first-order valence-corrected chi connectivity index (χ1v) is 13.1. The van der Waals surface area contributed by atoms with Crippen molar-refractivity contribution in [2.75, 3.05) is 49.1 Å². The molecule has 2 saturated heterocycles. The topological polar surface area (TPSA) is 103 Å². The first kappa shape index (κ1) is 22.6. The van der Waals surface area contributed by atoms with Crippen molar-refractivity contribution < 1.29 is 18.3 Å². The lowest BCUT2D eigenvalue weighted by Gasteiger charge is -2.32. The number of hydrogen-bond acceptors (Lipinski definition) is 7. The number of carbonyl (C=O) groups is 1. The maximum absolute atomic E-state index is 13.5. The molecule has 178 valence electrons. The average molecular weight is 481 g/mol. The lowest BCUT2D eigenvalue weighted by atomic mass is 9.96. The van der Waals surface area contributed by atoms with E-state index in [0.29, 0.717) is 25.9 Å². The Hall–Kier alpha value is -3.17. The van der Waals surface area contributed by atoms with Crippen molar-refractivity contribution in [2.24, 2.45) is 5.92 Å². The van der Waals surface area contributed by atoms with Gasteiger partial charge in [-0.25, -0.2) is 8.42 Å². The van der Waals surface area contributed by atoms with Gasteiger partial charge in [-0.1, -0.05) is 18.2 Å². The minimum Gasteiger partial charge on any atom is -0.481 e. The fourth-order valence-corrected chi connectivity index (χ4v) is 6.08. The molecule has 2 aliphatic heterocycles. The fourth-order valence-electron chi connectivity index (χ4n) is 4.80. The zero-order valence-electron chi connectivity index (χ0n) is 18.9. The highest BCUT2D eigenvalue weighted by Gasteiger charge is 2.26. The van der Waals surface area contributed by atoms with Gasteiger partial charge in [0.05, 0.1) is 26.9 Å². The first-order valence-electron chi connectivity index (χ1n) is 11.6. The molecule has 2 fully saturated rings. The number of nitrogens with one attached hydrogen (secondary N) is 1. The van der Waals surface area contributed by atoms with Crippen molar-refractivity contribution in [3.05, 3.63) is 54.7 Å². The third kappa shape index (κ3) is 4.33. The number of fused-ring (bicyclic) bond motifs is 1. The summed E-state index contributed by atoms with van der Waals surface area (Å²) in [5.41, 5.74) is 2.54. The van der Waals surface area contributed by atoms with Gasteiger partial charge in [0.25, 0.3) is 0 Å². The highest BCUT2D eigenvalue weighted by Crippen LogP contribution is 2.32. The lowest BCUT2D eigenvalue weighted by Crippen LogP contribution is -2.43. The van der Waals surface area contributed by atoms with Crippen LogP contribution in [0.1, 0.15) is 12.8 Å². The van der Waals surface area contributed by atoms with Gasteiger partial charge < -0.3 is 20.2 Å². The molecule has 3 heterocycles. The lowest BCUT2D eigenvalue weighted by molar-refractivity contribution is -0.142. The SMILES string of the molecule is O=C(O)C1CCN(c2cccc3cc(S(=O)(=O)c4cccc(N5CCNCC5)c4)cnc23)CC1. The zero-order valence-corrected chi connectivity index (χ0v) is 19.7. The summed E-state index contributed by atoms with van der Waals surface area (Å²) in [6.45, 7) is 4.71. The summed E-state index contributed by atoms with van der Waals surface area (Å²) in [6, 6.07) is 14.5. The molecule has 0 amide bonds. The van der Waals surface area contributed by atoms with Crippen LogP contribution >= 0.6 is 0 Å². The van der Waals surface area contributed by atoms with Crippen LogP contribution in [0.5, 0.6) is 0 Å². The van der Waals surface area contributed by atoms with Crippen molar-refractivity contribution in [1.82, 2.24) is 10.3 Å². The normalized spacial score (nSPS) is 17.8. The molecule has 0 radical (unpaired) electrons. The Bertz CT molecular complexity index is 1310. The number of para-hydroxylation sites is 1. The van der Waals surface area contributed by atoms with E-state index in [1.54, 1.807) is 24.3 Å². The number of carboxylic acid groups (broad SMARTS) is 1. The highest BCUT2D eigenvalue weighted by atomic mass is 32.2. The third-order valence-electron chi connectivity index (χ3n) is 6.77. The number of sulfone groups is 1. The number of carboxylic acids is 1. The first-order chi connectivity index (χ1) is 16.4. The molecule has 3 aromatic rings. The van der Waals surface area contributed by atoms with Gasteiger partial charge in [0.15, 0.2) is 0 Å². The van der Waals surface area contributed by atoms with Crippen molar-refractivity contribution >= 4 is 38.1 Å². The van der Waals surface area contributed by atoms with E-state index in [9.17, 15) is 18.3 Å². The Morgan fingerprint density at radius 2 is 1.68 bits per heavy atom. The van der Waals surface area contributed by atoms with Crippen LogP contribution in [0, 0.1) is 5.92 Å². The van der Waals surface area contributed by atoms with Crippen LogP contribution < -0.4 is 15.1 Å².